The summed E-state index contributed by atoms with van der Waals surface area (Å²) >= 11 is 17.9. The Morgan fingerprint density at radius 2 is 1.81 bits per heavy atom. The Balaban J connectivity index is 1.81. The summed E-state index contributed by atoms with van der Waals surface area (Å²) in [6, 6.07) is 15.1. The van der Waals surface area contributed by atoms with E-state index in [0.29, 0.717) is 27.8 Å². The van der Waals surface area contributed by atoms with E-state index in [2.05, 4.69) is 10.5 Å². The van der Waals surface area contributed by atoms with E-state index in [4.69, 9.17) is 39.5 Å². The second-order valence-corrected chi connectivity index (χ2v) is 10.6. The number of ether oxygens (including phenoxy) is 1. The first-order valence-electron chi connectivity index (χ1n) is 10.6. The lowest BCUT2D eigenvalue weighted by atomic mass is 10.2. The number of halogens is 3. The van der Waals surface area contributed by atoms with Crippen molar-refractivity contribution < 1.29 is 23.1 Å². The summed E-state index contributed by atoms with van der Waals surface area (Å²) in [7, 11) is -4.10. The molecule has 3 rings (SSSR count). The van der Waals surface area contributed by atoms with Gasteiger partial charge in [0.2, 0.25) is 10.0 Å². The molecule has 0 aliphatic rings. The van der Waals surface area contributed by atoms with Gasteiger partial charge in [-0.2, -0.15) is 9.41 Å². The Bertz CT molecular complexity index is 1370. The smallest absolute Gasteiger partial charge is 0.255 e. The van der Waals surface area contributed by atoms with Crippen molar-refractivity contribution in [2.75, 3.05) is 13.2 Å². The number of benzene rings is 3. The number of rotatable bonds is 10. The van der Waals surface area contributed by atoms with Gasteiger partial charge < -0.3 is 9.84 Å². The molecule has 36 heavy (non-hydrogen) atoms. The lowest BCUT2D eigenvalue weighted by Gasteiger charge is -2.22. The third kappa shape index (κ3) is 7.11. The van der Waals surface area contributed by atoms with Gasteiger partial charge in [-0.25, -0.2) is 13.8 Å². The molecule has 3 aromatic rings. The van der Waals surface area contributed by atoms with E-state index in [0.717, 1.165) is 4.31 Å². The number of para-hydroxylation sites is 1. The average Bonchev–Trinajstić information content (AvgIpc) is 2.83. The highest BCUT2D eigenvalue weighted by atomic mass is 35.5. The number of phenols is 1. The van der Waals surface area contributed by atoms with Gasteiger partial charge in [0.15, 0.2) is 11.5 Å². The van der Waals surface area contributed by atoms with Crippen LogP contribution in [0.25, 0.3) is 0 Å². The highest BCUT2D eigenvalue weighted by molar-refractivity contribution is 7.89. The lowest BCUT2D eigenvalue weighted by molar-refractivity contribution is -0.121. The van der Waals surface area contributed by atoms with Gasteiger partial charge in [0, 0.05) is 17.1 Å². The molecule has 8 nitrogen and oxygen atoms in total. The minimum atomic E-state index is -4.10. The number of amides is 1. The van der Waals surface area contributed by atoms with Crippen molar-refractivity contribution in [1.82, 2.24) is 9.73 Å². The van der Waals surface area contributed by atoms with Crippen LogP contribution < -0.4 is 10.2 Å². The van der Waals surface area contributed by atoms with Crippen molar-refractivity contribution in [2.24, 2.45) is 5.10 Å². The normalized spacial score (nSPS) is 11.7. The Morgan fingerprint density at radius 1 is 1.08 bits per heavy atom. The van der Waals surface area contributed by atoms with Gasteiger partial charge in [-0.1, -0.05) is 46.9 Å². The van der Waals surface area contributed by atoms with Crippen LogP contribution in [0.1, 0.15) is 18.1 Å². The van der Waals surface area contributed by atoms with E-state index < -0.39 is 22.5 Å². The Hall–Kier alpha value is -2.82. The molecule has 0 bridgehead atoms. The van der Waals surface area contributed by atoms with Crippen molar-refractivity contribution in [3.05, 3.63) is 86.9 Å². The number of hydrazone groups is 1. The maximum Gasteiger partial charge on any atom is 0.255 e. The molecule has 0 aliphatic heterocycles. The third-order valence-corrected chi connectivity index (χ3v) is 7.63. The van der Waals surface area contributed by atoms with E-state index in [9.17, 15) is 18.3 Å². The minimum Gasteiger partial charge on any atom is -0.504 e. The van der Waals surface area contributed by atoms with Gasteiger partial charge in [-0.05, 0) is 61.0 Å². The van der Waals surface area contributed by atoms with Crippen molar-refractivity contribution in [3.63, 3.8) is 0 Å². The molecular formula is C24H22Cl3N3O5S. The molecule has 0 saturated carbocycles. The molecule has 2 N–H and O–H groups in total. The van der Waals surface area contributed by atoms with Crippen LogP contribution in [-0.2, 0) is 21.4 Å². The van der Waals surface area contributed by atoms with Gasteiger partial charge in [0.1, 0.15) is 0 Å². The quantitative estimate of drug-likeness (QED) is 0.261. The van der Waals surface area contributed by atoms with E-state index in [1.165, 1.54) is 36.5 Å². The number of hydrogen-bond donors (Lipinski definition) is 2. The molecular weight excluding hydrogens is 549 g/mol. The molecule has 1 amide bonds. The molecule has 190 valence electrons. The molecule has 0 aromatic heterocycles. The van der Waals surface area contributed by atoms with Crippen LogP contribution >= 0.6 is 34.8 Å². The van der Waals surface area contributed by atoms with Crippen molar-refractivity contribution in [2.45, 2.75) is 18.4 Å². The van der Waals surface area contributed by atoms with Gasteiger partial charge in [-0.15, -0.1) is 0 Å². The summed E-state index contributed by atoms with van der Waals surface area (Å²) in [6.45, 7) is 1.44. The molecule has 0 fully saturated rings. The standard InChI is InChI=1S/C24H22Cl3N3O5S/c1-2-35-22-5-3-4-17(24(22)32)13-28-29-23(31)15-30(14-16-6-11-20(26)21(27)12-16)36(33,34)19-9-7-18(25)8-10-19/h3-13,32H,2,14-15H2,1H3,(H,29,31)/b28-13-. The second-order valence-electron chi connectivity index (χ2n) is 7.40. The monoisotopic (exact) mass is 569 g/mol. The Morgan fingerprint density at radius 3 is 2.47 bits per heavy atom. The minimum absolute atomic E-state index is 0.0408. The van der Waals surface area contributed by atoms with Crippen LogP contribution in [0.15, 0.2) is 70.7 Å². The highest BCUT2D eigenvalue weighted by Crippen LogP contribution is 2.28. The third-order valence-electron chi connectivity index (χ3n) is 4.84. The van der Waals surface area contributed by atoms with Crippen molar-refractivity contribution in [1.29, 1.82) is 0 Å². The van der Waals surface area contributed by atoms with E-state index in [1.54, 1.807) is 37.3 Å². The molecule has 0 radical (unpaired) electrons. The number of phenolic OH excluding ortho intramolecular Hbond substituents is 1. The molecule has 0 aliphatic carbocycles. The maximum absolute atomic E-state index is 13.3. The molecule has 0 saturated heterocycles. The average molecular weight is 571 g/mol. The number of nitrogens with one attached hydrogen (secondary N) is 1. The fourth-order valence-electron chi connectivity index (χ4n) is 3.11. The van der Waals surface area contributed by atoms with Crippen LogP contribution in [0.4, 0.5) is 0 Å². The zero-order chi connectivity index (χ0) is 26.3. The predicted molar refractivity (Wildman–Crippen MR) is 141 cm³/mol. The molecule has 0 spiro atoms. The Labute approximate surface area is 224 Å². The Kier molecular flexibility index (Phi) is 9.58. The number of aromatic hydroxyl groups is 1. The summed E-state index contributed by atoms with van der Waals surface area (Å²) in [4.78, 5) is 12.6. The predicted octanol–water partition coefficient (Wildman–Crippen LogP) is 5.09. The van der Waals surface area contributed by atoms with Gasteiger partial charge in [0.05, 0.1) is 34.3 Å². The zero-order valence-electron chi connectivity index (χ0n) is 19.0. The fourth-order valence-corrected chi connectivity index (χ4v) is 4.94. The van der Waals surface area contributed by atoms with Gasteiger partial charge >= 0.3 is 0 Å². The summed E-state index contributed by atoms with van der Waals surface area (Å²) in [5.41, 5.74) is 3.12. The molecule has 3 aromatic carbocycles. The zero-order valence-corrected chi connectivity index (χ0v) is 22.1. The van der Waals surface area contributed by atoms with Crippen LogP contribution in [-0.4, -0.2) is 43.1 Å². The number of carbonyl (C=O) groups is 1. The largest absolute Gasteiger partial charge is 0.504 e. The van der Waals surface area contributed by atoms with Crippen LogP contribution in [0.3, 0.4) is 0 Å². The van der Waals surface area contributed by atoms with Crippen molar-refractivity contribution in [3.8, 4) is 11.5 Å². The molecule has 0 unspecified atom stereocenters. The number of nitrogens with zero attached hydrogens (tertiary/aromatic N) is 2. The second kappa shape index (κ2) is 12.4. The van der Waals surface area contributed by atoms with Crippen LogP contribution in [0, 0.1) is 0 Å². The number of hydrogen-bond acceptors (Lipinski definition) is 6. The summed E-state index contributed by atoms with van der Waals surface area (Å²) in [5.74, 6) is -0.567. The molecule has 0 heterocycles. The van der Waals surface area contributed by atoms with Crippen LogP contribution in [0.5, 0.6) is 11.5 Å². The first-order valence-corrected chi connectivity index (χ1v) is 13.2. The number of carbonyl (C=O) groups excluding carboxylic acids is 1. The number of sulfonamides is 1. The summed E-state index contributed by atoms with van der Waals surface area (Å²) in [5, 5.41) is 15.0. The van der Waals surface area contributed by atoms with Crippen molar-refractivity contribution >= 4 is 56.9 Å². The molecule has 0 atom stereocenters. The fraction of sp³-hybridized carbons (Fsp3) is 0.167. The SMILES string of the molecule is CCOc1cccc(/C=N\NC(=O)CN(Cc2ccc(Cl)c(Cl)c2)S(=O)(=O)c2ccc(Cl)cc2)c1O. The van der Waals surface area contributed by atoms with Gasteiger partial charge in [-0.3, -0.25) is 4.79 Å². The molecule has 12 heteroatoms. The van der Waals surface area contributed by atoms with E-state index >= 15 is 0 Å². The van der Waals surface area contributed by atoms with Crippen LogP contribution in [0.2, 0.25) is 15.1 Å². The summed E-state index contributed by atoms with van der Waals surface area (Å²) < 4.78 is 33.0. The topological polar surface area (TPSA) is 108 Å². The summed E-state index contributed by atoms with van der Waals surface area (Å²) in [6.07, 6.45) is 1.23. The van der Waals surface area contributed by atoms with Gasteiger partial charge in [0.25, 0.3) is 5.91 Å². The maximum atomic E-state index is 13.3. The van der Waals surface area contributed by atoms with E-state index in [1.807, 2.05) is 0 Å². The lowest BCUT2D eigenvalue weighted by Crippen LogP contribution is -2.39. The highest BCUT2D eigenvalue weighted by Gasteiger charge is 2.27. The van der Waals surface area contributed by atoms with E-state index in [-0.39, 0.29) is 28.0 Å². The first-order chi connectivity index (χ1) is 17.1. The first kappa shape index (κ1) is 27.8.